The highest BCUT2D eigenvalue weighted by Crippen LogP contribution is 2.26. The van der Waals surface area contributed by atoms with Crippen LogP contribution in [0, 0.1) is 0 Å². The highest BCUT2D eigenvalue weighted by molar-refractivity contribution is 5.96. The van der Waals surface area contributed by atoms with Gasteiger partial charge in [-0.3, -0.25) is 0 Å². The highest BCUT2D eigenvalue weighted by atomic mass is 127. The van der Waals surface area contributed by atoms with E-state index < -0.39 is 0 Å². The molecule has 7 nitrogen and oxygen atoms in total. The number of aryl methyl sites for hydroxylation is 2. The quantitative estimate of drug-likeness (QED) is 0.0840. The lowest BCUT2D eigenvalue weighted by Gasteiger charge is -2.10. The van der Waals surface area contributed by atoms with Crippen molar-refractivity contribution in [2.24, 2.45) is 7.05 Å². The number of aromatic nitrogens is 2. The van der Waals surface area contributed by atoms with Crippen LogP contribution in [0.1, 0.15) is 71.4 Å². The number of benzene rings is 2. The Labute approximate surface area is 259 Å². The molecule has 8 heteroatoms. The lowest BCUT2D eigenvalue weighted by atomic mass is 10.1. The molecule has 0 fully saturated rings. The molecule has 0 saturated carbocycles. The number of nitrogens with zero attached hydrogens (tertiary/aromatic N) is 2. The maximum absolute atomic E-state index is 12.5. The van der Waals surface area contributed by atoms with E-state index in [1.54, 1.807) is 12.3 Å². The molecule has 0 bridgehead atoms. The summed E-state index contributed by atoms with van der Waals surface area (Å²) in [4.78, 5) is 24.6. The van der Waals surface area contributed by atoms with Crippen LogP contribution >= 0.6 is 0 Å². The molecule has 41 heavy (non-hydrogen) atoms. The minimum Gasteiger partial charge on any atom is -1.00 e. The van der Waals surface area contributed by atoms with E-state index >= 15 is 0 Å². The molecule has 2 aromatic heterocycles. The van der Waals surface area contributed by atoms with Crippen molar-refractivity contribution in [1.82, 2.24) is 4.57 Å². The molecule has 4 aromatic rings. The topological polar surface area (TPSA) is 70.6 Å². The zero-order valence-corrected chi connectivity index (χ0v) is 26.0. The van der Waals surface area contributed by atoms with Crippen molar-refractivity contribution in [3.05, 3.63) is 95.9 Å². The van der Waals surface area contributed by atoms with Crippen molar-refractivity contribution in [2.75, 3.05) is 13.7 Å². The molecule has 0 aliphatic heterocycles. The Kier molecular flexibility index (Phi) is 13.1. The predicted octanol–water partition coefficient (Wildman–Crippen LogP) is 3.42. The Hall–Kier alpha value is -3.40. The van der Waals surface area contributed by atoms with Crippen LogP contribution < -0.4 is 33.3 Å². The summed E-state index contributed by atoms with van der Waals surface area (Å²) >= 11 is 0. The lowest BCUT2D eigenvalue weighted by Crippen LogP contribution is -3.00. The zero-order chi connectivity index (χ0) is 28.2. The van der Waals surface area contributed by atoms with E-state index in [0.717, 1.165) is 73.7 Å². The second-order valence-corrected chi connectivity index (χ2v) is 10.0. The Morgan fingerprint density at radius 3 is 2.29 bits per heavy atom. The van der Waals surface area contributed by atoms with Gasteiger partial charge in [0.15, 0.2) is 12.4 Å². The van der Waals surface area contributed by atoms with E-state index in [1.165, 1.54) is 7.11 Å². The maximum atomic E-state index is 12.5. The Morgan fingerprint density at radius 1 is 0.829 bits per heavy atom. The van der Waals surface area contributed by atoms with Crippen molar-refractivity contribution in [2.45, 2.75) is 58.1 Å². The second-order valence-electron chi connectivity index (χ2n) is 10.0. The van der Waals surface area contributed by atoms with E-state index in [1.807, 2.05) is 78.5 Å². The summed E-state index contributed by atoms with van der Waals surface area (Å²) in [6.07, 6.45) is 11.0. The standard InChI is InChI=1S/C33H39N2O5.HI/c1-34-19-13-16-27(24-34)32(36)39-21-12-7-5-3-4-6-11-20-35-30-18-17-29(40-25-26-14-9-8-10-15-26)22-28(30)23-31(35)33(37)38-2;/h8-10,13-19,22-24H,3-7,11-12,20-21,25H2,1-2H3;1H/q+1;/p-1. The fourth-order valence-corrected chi connectivity index (χ4v) is 4.81. The first-order chi connectivity index (χ1) is 19.5. The number of rotatable bonds is 15. The van der Waals surface area contributed by atoms with Crippen LogP contribution in [0.2, 0.25) is 0 Å². The molecule has 2 heterocycles. The van der Waals surface area contributed by atoms with Crippen LogP contribution in [0.4, 0.5) is 0 Å². The molecule has 0 spiro atoms. The van der Waals surface area contributed by atoms with Crippen LogP contribution in [0.5, 0.6) is 5.75 Å². The Morgan fingerprint density at radius 2 is 1.56 bits per heavy atom. The van der Waals surface area contributed by atoms with Gasteiger partial charge in [-0.25, -0.2) is 14.2 Å². The van der Waals surface area contributed by atoms with E-state index in [0.29, 0.717) is 24.5 Å². The van der Waals surface area contributed by atoms with E-state index in [9.17, 15) is 9.59 Å². The third kappa shape index (κ3) is 9.59. The molecular formula is C33H39IN2O5. The van der Waals surface area contributed by atoms with Crippen molar-refractivity contribution in [3.63, 3.8) is 0 Å². The summed E-state index contributed by atoms with van der Waals surface area (Å²) in [5.74, 6) is 0.176. The van der Waals surface area contributed by atoms with Gasteiger partial charge < -0.3 is 42.8 Å². The predicted molar refractivity (Wildman–Crippen MR) is 154 cm³/mol. The monoisotopic (exact) mass is 670 g/mol. The van der Waals surface area contributed by atoms with Crippen molar-refractivity contribution < 1.29 is 52.3 Å². The van der Waals surface area contributed by atoms with E-state index in [-0.39, 0.29) is 35.9 Å². The number of esters is 2. The molecule has 0 radical (unpaired) electrons. The Balaban J connectivity index is 0.00000462. The molecule has 0 atom stereocenters. The fourth-order valence-electron chi connectivity index (χ4n) is 4.81. The van der Waals surface area contributed by atoms with Gasteiger partial charge in [-0.05, 0) is 48.7 Å². The minimum atomic E-state index is -0.329. The largest absolute Gasteiger partial charge is 1.00 e. The molecule has 4 rings (SSSR count). The van der Waals surface area contributed by atoms with Gasteiger partial charge in [-0.2, -0.15) is 0 Å². The van der Waals surface area contributed by atoms with Crippen molar-refractivity contribution in [3.8, 4) is 5.75 Å². The lowest BCUT2D eigenvalue weighted by molar-refractivity contribution is -0.671. The molecular weight excluding hydrogens is 631 g/mol. The smallest absolute Gasteiger partial charge is 0.354 e. The molecule has 0 aliphatic carbocycles. The third-order valence-corrected chi connectivity index (χ3v) is 6.95. The molecule has 2 aromatic carbocycles. The number of halogens is 1. The van der Waals surface area contributed by atoms with Crippen LogP contribution in [0.25, 0.3) is 10.9 Å². The first-order valence-corrected chi connectivity index (χ1v) is 14.1. The van der Waals surface area contributed by atoms with Gasteiger partial charge in [0.05, 0.1) is 13.7 Å². The summed E-state index contributed by atoms with van der Waals surface area (Å²) in [5, 5.41) is 0.966. The van der Waals surface area contributed by atoms with Crippen molar-refractivity contribution in [1.29, 1.82) is 0 Å². The molecule has 0 N–H and O–H groups in total. The van der Waals surface area contributed by atoms with Gasteiger partial charge in [-0.1, -0.05) is 62.4 Å². The number of carbonyl (C=O) groups is 2. The number of carbonyl (C=O) groups excluding carboxylic acids is 2. The molecule has 0 unspecified atom stereocenters. The molecule has 0 aliphatic rings. The highest BCUT2D eigenvalue weighted by Gasteiger charge is 2.16. The first kappa shape index (κ1) is 32.1. The van der Waals surface area contributed by atoms with Gasteiger partial charge in [0.25, 0.3) is 0 Å². The van der Waals surface area contributed by atoms with Crippen LogP contribution in [0.15, 0.2) is 79.1 Å². The number of fused-ring (bicyclic) bond motifs is 1. The number of hydrogen-bond acceptors (Lipinski definition) is 5. The van der Waals surface area contributed by atoms with E-state index in [4.69, 9.17) is 14.2 Å². The summed E-state index contributed by atoms with van der Waals surface area (Å²) in [7, 11) is 3.30. The van der Waals surface area contributed by atoms with Gasteiger partial charge in [0.2, 0.25) is 0 Å². The summed E-state index contributed by atoms with van der Waals surface area (Å²) in [5.41, 5.74) is 3.26. The molecule has 218 valence electrons. The fraction of sp³-hybridized carbons (Fsp3) is 0.364. The summed E-state index contributed by atoms with van der Waals surface area (Å²) in [6.45, 7) is 1.70. The number of hydrogen-bond donors (Lipinski definition) is 0. The number of pyridine rings is 1. The Bertz CT molecular complexity index is 1400. The van der Waals surface area contributed by atoms with Crippen LogP contribution in [-0.2, 0) is 29.7 Å². The van der Waals surface area contributed by atoms with Crippen molar-refractivity contribution >= 4 is 22.8 Å². The zero-order valence-electron chi connectivity index (χ0n) is 23.9. The average Bonchev–Trinajstić information content (AvgIpc) is 3.34. The summed E-state index contributed by atoms with van der Waals surface area (Å²) < 4.78 is 20.3. The van der Waals surface area contributed by atoms with Gasteiger partial charge in [0.1, 0.15) is 30.7 Å². The number of unbranched alkanes of at least 4 members (excludes halogenated alkanes) is 6. The van der Waals surface area contributed by atoms with Gasteiger partial charge in [0, 0.05) is 23.5 Å². The van der Waals surface area contributed by atoms with Gasteiger partial charge >= 0.3 is 11.9 Å². The van der Waals surface area contributed by atoms with Crippen LogP contribution in [-0.4, -0.2) is 30.2 Å². The van der Waals surface area contributed by atoms with Crippen LogP contribution in [0.3, 0.4) is 0 Å². The first-order valence-electron chi connectivity index (χ1n) is 14.1. The maximum Gasteiger partial charge on any atom is 0.354 e. The van der Waals surface area contributed by atoms with Gasteiger partial charge in [-0.15, -0.1) is 0 Å². The van der Waals surface area contributed by atoms with E-state index in [2.05, 4.69) is 4.57 Å². The second kappa shape index (κ2) is 16.8. The third-order valence-electron chi connectivity index (χ3n) is 6.95. The average molecular weight is 671 g/mol. The molecule has 0 saturated heterocycles. The number of ether oxygens (including phenoxy) is 3. The SMILES string of the molecule is COC(=O)c1cc2cc(OCc3ccccc3)ccc2n1CCCCCCCCCOC(=O)c1ccc[n+](C)c1.[I-]. The summed E-state index contributed by atoms with van der Waals surface area (Å²) in [6, 6.07) is 21.5. The minimum absolute atomic E-state index is 0. The number of methoxy groups -OCH3 is 1. The normalized spacial score (nSPS) is 10.7. The molecule has 0 amide bonds.